The number of aliphatic hydroxyl groups excluding tert-OH is 1. The zero-order chi connectivity index (χ0) is 13.2. The summed E-state index contributed by atoms with van der Waals surface area (Å²) in [7, 11) is 1.67. The number of hydrogen-bond acceptors (Lipinski definition) is 2. The van der Waals surface area contributed by atoms with Gasteiger partial charge in [0.1, 0.15) is 5.75 Å². The van der Waals surface area contributed by atoms with Crippen LogP contribution in [-0.4, -0.2) is 12.2 Å². The zero-order valence-corrected chi connectivity index (χ0v) is 11.0. The number of fused-ring (bicyclic) bond motifs is 1. The Morgan fingerprint density at radius 2 is 1.89 bits per heavy atom. The highest BCUT2D eigenvalue weighted by molar-refractivity contribution is 5.41. The molecule has 1 aliphatic rings. The van der Waals surface area contributed by atoms with E-state index in [0.29, 0.717) is 0 Å². The summed E-state index contributed by atoms with van der Waals surface area (Å²) in [6.45, 7) is 0. The van der Waals surface area contributed by atoms with Crippen molar-refractivity contribution < 1.29 is 9.84 Å². The molecule has 0 radical (unpaired) electrons. The van der Waals surface area contributed by atoms with E-state index in [1.165, 1.54) is 11.1 Å². The molecule has 0 spiro atoms. The van der Waals surface area contributed by atoms with E-state index in [2.05, 4.69) is 12.1 Å². The van der Waals surface area contributed by atoms with E-state index in [9.17, 15) is 5.11 Å². The van der Waals surface area contributed by atoms with Crippen LogP contribution in [0.5, 0.6) is 5.75 Å². The number of rotatable bonds is 2. The Labute approximate surface area is 113 Å². The van der Waals surface area contributed by atoms with E-state index >= 15 is 0 Å². The van der Waals surface area contributed by atoms with Gasteiger partial charge in [0.2, 0.25) is 0 Å². The van der Waals surface area contributed by atoms with E-state index in [0.717, 1.165) is 24.2 Å². The molecule has 2 unspecified atom stereocenters. The van der Waals surface area contributed by atoms with Gasteiger partial charge in [0.25, 0.3) is 0 Å². The van der Waals surface area contributed by atoms with Crippen LogP contribution in [0, 0.1) is 0 Å². The summed E-state index contributed by atoms with van der Waals surface area (Å²) in [4.78, 5) is 0. The molecule has 0 fully saturated rings. The molecule has 19 heavy (non-hydrogen) atoms. The summed E-state index contributed by atoms with van der Waals surface area (Å²) in [6, 6.07) is 16.2. The standard InChI is InChI=1S/C17H18O2/c1-19-14-8-10-16-13(11-14)7-9-15(17(16)18)12-5-3-2-4-6-12/h2-6,8,10-11,15,17-18H,7,9H2,1H3. The maximum absolute atomic E-state index is 10.6. The smallest absolute Gasteiger partial charge is 0.119 e. The lowest BCUT2D eigenvalue weighted by atomic mass is 9.78. The van der Waals surface area contributed by atoms with Crippen LogP contribution in [-0.2, 0) is 6.42 Å². The monoisotopic (exact) mass is 254 g/mol. The largest absolute Gasteiger partial charge is 0.497 e. The van der Waals surface area contributed by atoms with Crippen molar-refractivity contribution >= 4 is 0 Å². The highest BCUT2D eigenvalue weighted by Crippen LogP contribution is 2.41. The fourth-order valence-electron chi connectivity index (χ4n) is 2.95. The van der Waals surface area contributed by atoms with Crippen LogP contribution in [0.15, 0.2) is 48.5 Å². The fourth-order valence-corrected chi connectivity index (χ4v) is 2.95. The summed E-state index contributed by atoms with van der Waals surface area (Å²) >= 11 is 0. The lowest BCUT2D eigenvalue weighted by Gasteiger charge is -2.30. The molecule has 0 heterocycles. The first-order valence-electron chi connectivity index (χ1n) is 6.69. The van der Waals surface area contributed by atoms with E-state index in [1.807, 2.05) is 36.4 Å². The Morgan fingerprint density at radius 1 is 1.11 bits per heavy atom. The number of benzene rings is 2. The van der Waals surface area contributed by atoms with Gasteiger partial charge in [-0.25, -0.2) is 0 Å². The molecule has 2 aromatic rings. The second kappa shape index (κ2) is 5.06. The Kier molecular flexibility index (Phi) is 3.26. The third-order valence-electron chi connectivity index (χ3n) is 4.00. The molecule has 0 amide bonds. The molecule has 0 aromatic heterocycles. The maximum atomic E-state index is 10.6. The minimum absolute atomic E-state index is 0.196. The molecule has 2 aromatic carbocycles. The molecule has 3 rings (SSSR count). The van der Waals surface area contributed by atoms with Crippen LogP contribution in [0.3, 0.4) is 0 Å². The van der Waals surface area contributed by atoms with Gasteiger partial charge in [-0.1, -0.05) is 36.4 Å². The molecule has 0 bridgehead atoms. The predicted octanol–water partition coefficient (Wildman–Crippen LogP) is 3.46. The van der Waals surface area contributed by atoms with Gasteiger partial charge in [-0.15, -0.1) is 0 Å². The fraction of sp³-hybridized carbons (Fsp3) is 0.294. The Balaban J connectivity index is 1.94. The van der Waals surface area contributed by atoms with E-state index in [-0.39, 0.29) is 5.92 Å². The molecule has 2 atom stereocenters. The summed E-state index contributed by atoms with van der Waals surface area (Å²) in [5, 5.41) is 10.6. The predicted molar refractivity (Wildman–Crippen MR) is 75.5 cm³/mol. The minimum Gasteiger partial charge on any atom is -0.497 e. The van der Waals surface area contributed by atoms with E-state index in [1.54, 1.807) is 7.11 Å². The molecular weight excluding hydrogens is 236 g/mol. The van der Waals surface area contributed by atoms with Crippen molar-refractivity contribution in [1.29, 1.82) is 0 Å². The van der Waals surface area contributed by atoms with Gasteiger partial charge in [0, 0.05) is 5.92 Å². The lowest BCUT2D eigenvalue weighted by Crippen LogP contribution is -2.19. The number of aryl methyl sites for hydroxylation is 1. The van der Waals surface area contributed by atoms with Crippen LogP contribution in [0.1, 0.15) is 35.1 Å². The molecule has 2 nitrogen and oxygen atoms in total. The molecule has 0 aliphatic heterocycles. The first kappa shape index (κ1) is 12.2. The molecule has 2 heteroatoms. The van der Waals surface area contributed by atoms with Gasteiger partial charge in [0.15, 0.2) is 0 Å². The maximum Gasteiger partial charge on any atom is 0.119 e. The molecule has 98 valence electrons. The summed E-state index contributed by atoms with van der Waals surface area (Å²) in [5.41, 5.74) is 3.47. The average molecular weight is 254 g/mol. The van der Waals surface area contributed by atoms with Crippen LogP contribution >= 0.6 is 0 Å². The van der Waals surface area contributed by atoms with Crippen LogP contribution in [0.4, 0.5) is 0 Å². The van der Waals surface area contributed by atoms with Gasteiger partial charge in [0.05, 0.1) is 13.2 Å². The summed E-state index contributed by atoms with van der Waals surface area (Å²) < 4.78 is 5.25. The van der Waals surface area contributed by atoms with Crippen molar-refractivity contribution in [2.45, 2.75) is 24.9 Å². The second-order valence-corrected chi connectivity index (χ2v) is 5.07. The van der Waals surface area contributed by atoms with Gasteiger partial charge in [-0.3, -0.25) is 0 Å². The number of methoxy groups -OCH3 is 1. The normalized spacial score (nSPS) is 21.8. The van der Waals surface area contributed by atoms with E-state index < -0.39 is 6.10 Å². The van der Waals surface area contributed by atoms with Crippen molar-refractivity contribution in [2.24, 2.45) is 0 Å². The van der Waals surface area contributed by atoms with Crippen LogP contribution in [0.2, 0.25) is 0 Å². The Morgan fingerprint density at radius 3 is 2.63 bits per heavy atom. The van der Waals surface area contributed by atoms with E-state index in [4.69, 9.17) is 4.74 Å². The van der Waals surface area contributed by atoms with Crippen LogP contribution < -0.4 is 4.74 Å². The molecule has 1 aliphatic carbocycles. The van der Waals surface area contributed by atoms with Gasteiger partial charge in [-0.2, -0.15) is 0 Å². The SMILES string of the molecule is COc1ccc2c(c1)CCC(c1ccccc1)C2O. The second-order valence-electron chi connectivity index (χ2n) is 5.07. The highest BCUT2D eigenvalue weighted by Gasteiger charge is 2.29. The number of aliphatic hydroxyl groups is 1. The molecule has 1 N–H and O–H groups in total. The van der Waals surface area contributed by atoms with Crippen molar-refractivity contribution in [3.8, 4) is 5.75 Å². The number of hydrogen-bond donors (Lipinski definition) is 1. The zero-order valence-electron chi connectivity index (χ0n) is 11.0. The first-order chi connectivity index (χ1) is 9.29. The van der Waals surface area contributed by atoms with Gasteiger partial charge in [-0.05, 0) is 41.7 Å². The Hall–Kier alpha value is -1.80. The lowest BCUT2D eigenvalue weighted by molar-refractivity contribution is 0.131. The Bertz CT molecular complexity index is 563. The first-order valence-corrected chi connectivity index (χ1v) is 6.69. The van der Waals surface area contributed by atoms with Crippen molar-refractivity contribution in [2.75, 3.05) is 7.11 Å². The van der Waals surface area contributed by atoms with Crippen molar-refractivity contribution in [3.05, 3.63) is 65.2 Å². The topological polar surface area (TPSA) is 29.5 Å². The van der Waals surface area contributed by atoms with Gasteiger partial charge < -0.3 is 9.84 Å². The summed E-state index contributed by atoms with van der Waals surface area (Å²) in [5.74, 6) is 1.06. The quantitative estimate of drug-likeness (QED) is 0.889. The van der Waals surface area contributed by atoms with Crippen molar-refractivity contribution in [3.63, 3.8) is 0 Å². The highest BCUT2D eigenvalue weighted by atomic mass is 16.5. The van der Waals surface area contributed by atoms with Crippen molar-refractivity contribution in [1.82, 2.24) is 0 Å². The third-order valence-corrected chi connectivity index (χ3v) is 4.00. The summed E-state index contributed by atoms with van der Waals surface area (Å²) in [6.07, 6.45) is 1.55. The van der Waals surface area contributed by atoms with Crippen LogP contribution in [0.25, 0.3) is 0 Å². The minimum atomic E-state index is -0.419. The molecular formula is C17H18O2. The molecule has 0 saturated carbocycles. The number of ether oxygens (including phenoxy) is 1. The van der Waals surface area contributed by atoms with Gasteiger partial charge >= 0.3 is 0 Å². The third kappa shape index (κ3) is 2.24. The average Bonchev–Trinajstić information content (AvgIpc) is 2.48. The molecule has 0 saturated heterocycles.